The van der Waals surface area contributed by atoms with Crippen molar-refractivity contribution in [3.05, 3.63) is 35.4 Å². The number of hydrogen-bond donors (Lipinski definition) is 0. The molecule has 0 spiro atoms. The summed E-state index contributed by atoms with van der Waals surface area (Å²) in [7, 11) is 0. The minimum absolute atomic E-state index is 0.126. The van der Waals surface area contributed by atoms with Crippen LogP contribution in [-0.4, -0.2) is 35.4 Å². The van der Waals surface area contributed by atoms with E-state index in [-0.39, 0.29) is 24.0 Å². The van der Waals surface area contributed by atoms with Crippen molar-refractivity contribution in [2.75, 3.05) is 0 Å². The lowest BCUT2D eigenvalue weighted by atomic mass is 10.1. The number of halogens is 2. The smallest absolute Gasteiger partial charge is 0.406 e. The number of hydrogen-bond acceptors (Lipinski definition) is 8. The van der Waals surface area contributed by atoms with Gasteiger partial charge in [0, 0.05) is 36.0 Å². The summed E-state index contributed by atoms with van der Waals surface area (Å²) in [6, 6.07) is 5.36. The van der Waals surface area contributed by atoms with Crippen LogP contribution in [0.25, 0.3) is 0 Å². The molecule has 0 fully saturated rings. The average molecular weight is 435 g/mol. The van der Waals surface area contributed by atoms with Crippen molar-refractivity contribution in [2.24, 2.45) is 0 Å². The molecule has 0 aliphatic rings. The molecule has 1 rings (SSSR count). The predicted molar refractivity (Wildman–Crippen MR) is 99.3 cm³/mol. The van der Waals surface area contributed by atoms with Crippen LogP contribution >= 0.6 is 23.2 Å². The molecule has 28 heavy (non-hydrogen) atoms. The molecule has 0 aliphatic carbocycles. The van der Waals surface area contributed by atoms with Crippen LogP contribution < -0.4 is 0 Å². The summed E-state index contributed by atoms with van der Waals surface area (Å²) >= 11 is 10.3. The number of esters is 2. The lowest BCUT2D eigenvalue weighted by Crippen LogP contribution is -2.23. The van der Waals surface area contributed by atoms with Crippen molar-refractivity contribution in [1.82, 2.24) is 0 Å². The number of carbonyl (C=O) groups excluding carboxylic acids is 4. The zero-order chi connectivity index (χ0) is 21.1. The molecule has 0 N–H and O–H groups in total. The molecule has 1 aromatic carbocycles. The Balaban J connectivity index is 2.75. The van der Waals surface area contributed by atoms with Crippen LogP contribution in [0.4, 0.5) is 9.59 Å². The quantitative estimate of drug-likeness (QED) is 0.287. The van der Waals surface area contributed by atoms with Crippen molar-refractivity contribution in [2.45, 2.75) is 52.1 Å². The van der Waals surface area contributed by atoms with Crippen LogP contribution in [0.15, 0.2) is 24.3 Å². The highest BCUT2D eigenvalue weighted by molar-refractivity contribution is 6.61. The summed E-state index contributed by atoms with van der Waals surface area (Å²) in [6.07, 6.45) is -0.448. The highest BCUT2D eigenvalue weighted by Crippen LogP contribution is 2.14. The van der Waals surface area contributed by atoms with Gasteiger partial charge in [0.1, 0.15) is 0 Å². The third kappa shape index (κ3) is 8.58. The summed E-state index contributed by atoms with van der Waals surface area (Å²) in [5, 5.41) is 0. The van der Waals surface area contributed by atoms with Gasteiger partial charge in [0.15, 0.2) is 0 Å². The third-order valence-electron chi connectivity index (χ3n) is 3.33. The Kier molecular flexibility index (Phi) is 10.3. The van der Waals surface area contributed by atoms with Gasteiger partial charge in [-0.3, -0.25) is 0 Å². The van der Waals surface area contributed by atoms with Gasteiger partial charge in [-0.15, -0.1) is 0 Å². The lowest BCUT2D eigenvalue weighted by Gasteiger charge is -2.17. The van der Waals surface area contributed by atoms with Gasteiger partial charge >= 0.3 is 22.8 Å². The fourth-order valence-corrected chi connectivity index (χ4v) is 2.28. The first kappa shape index (κ1) is 23.7. The van der Waals surface area contributed by atoms with Crippen LogP contribution in [0.5, 0.6) is 0 Å². The molecule has 1 aromatic rings. The molecule has 0 bridgehead atoms. The maximum absolute atomic E-state index is 12.1. The van der Waals surface area contributed by atoms with E-state index in [1.54, 1.807) is 0 Å². The van der Waals surface area contributed by atoms with Crippen molar-refractivity contribution >= 4 is 46.0 Å². The topological polar surface area (TPSA) is 105 Å². The fourth-order valence-electron chi connectivity index (χ4n) is 2.08. The first-order chi connectivity index (χ1) is 13.3. The molecule has 2 atom stereocenters. The monoisotopic (exact) mass is 434 g/mol. The predicted octanol–water partition coefficient (Wildman–Crippen LogP) is 5.00. The maximum atomic E-state index is 12.1. The number of ether oxygens (including phenoxy) is 4. The standard InChI is InChI=1S/C18H20Cl2O8/c1-3-5-13(27-17(19)23)25-15(21)11-7-9-12(10-8-11)16(22)26-14(6-4-2)28-18(20)24/h7-10,13-14H,3-6H2,1-2H3. The molecule has 0 heterocycles. The number of rotatable bonds is 10. The van der Waals surface area contributed by atoms with E-state index < -0.39 is 35.4 Å². The maximum Gasteiger partial charge on any atom is 0.406 e. The van der Waals surface area contributed by atoms with Gasteiger partial charge in [-0.1, -0.05) is 13.8 Å². The largest absolute Gasteiger partial charge is 0.422 e. The number of benzene rings is 1. The van der Waals surface area contributed by atoms with Crippen LogP contribution in [0, 0.1) is 0 Å². The van der Waals surface area contributed by atoms with Gasteiger partial charge in [0.2, 0.25) is 12.6 Å². The Hall–Kier alpha value is -2.32. The average Bonchev–Trinajstić information content (AvgIpc) is 2.61. The van der Waals surface area contributed by atoms with Crippen LogP contribution in [0.1, 0.15) is 60.2 Å². The molecular weight excluding hydrogens is 415 g/mol. The van der Waals surface area contributed by atoms with E-state index in [9.17, 15) is 19.2 Å². The SMILES string of the molecule is CCCC(OC(=O)Cl)OC(=O)c1ccc(C(=O)OC(CCC)OC(=O)Cl)cc1. The van der Waals surface area contributed by atoms with E-state index in [1.807, 2.05) is 13.8 Å². The zero-order valence-electron chi connectivity index (χ0n) is 15.3. The lowest BCUT2D eigenvalue weighted by molar-refractivity contribution is -0.0699. The van der Waals surface area contributed by atoms with Crippen molar-refractivity contribution < 1.29 is 38.1 Å². The minimum atomic E-state index is -1.10. The number of carbonyl (C=O) groups is 4. The second-order valence-electron chi connectivity index (χ2n) is 5.54. The highest BCUT2D eigenvalue weighted by Gasteiger charge is 2.21. The van der Waals surface area contributed by atoms with Gasteiger partial charge in [0.25, 0.3) is 0 Å². The van der Waals surface area contributed by atoms with Gasteiger partial charge in [-0.25, -0.2) is 19.2 Å². The second kappa shape index (κ2) is 12.2. The van der Waals surface area contributed by atoms with E-state index in [0.29, 0.717) is 12.8 Å². The second-order valence-corrected chi connectivity index (χ2v) is 6.15. The Bertz CT molecular complexity index is 630. The summed E-state index contributed by atoms with van der Waals surface area (Å²) in [5.74, 6) is -1.51. The van der Waals surface area contributed by atoms with Gasteiger partial charge in [-0.2, -0.15) is 0 Å². The first-order valence-corrected chi connectivity index (χ1v) is 9.26. The molecule has 8 nitrogen and oxygen atoms in total. The summed E-state index contributed by atoms with van der Waals surface area (Å²) in [4.78, 5) is 45.9. The highest BCUT2D eigenvalue weighted by atomic mass is 35.5. The summed E-state index contributed by atoms with van der Waals surface area (Å²) in [5.41, 5.74) is -1.91. The Morgan fingerprint density at radius 1 is 0.714 bits per heavy atom. The zero-order valence-corrected chi connectivity index (χ0v) is 16.8. The molecule has 154 valence electrons. The van der Waals surface area contributed by atoms with E-state index in [0.717, 1.165) is 0 Å². The summed E-state index contributed by atoms with van der Waals surface area (Å²) < 4.78 is 19.5. The third-order valence-corrected chi connectivity index (χ3v) is 3.51. The molecule has 0 saturated carbocycles. The Morgan fingerprint density at radius 2 is 1.04 bits per heavy atom. The van der Waals surface area contributed by atoms with Crippen LogP contribution in [0.3, 0.4) is 0 Å². The van der Waals surface area contributed by atoms with Crippen molar-refractivity contribution in [3.8, 4) is 0 Å². The molecule has 0 aliphatic heterocycles. The van der Waals surface area contributed by atoms with Gasteiger partial charge < -0.3 is 18.9 Å². The first-order valence-electron chi connectivity index (χ1n) is 8.51. The van der Waals surface area contributed by atoms with Crippen molar-refractivity contribution in [3.63, 3.8) is 0 Å². The van der Waals surface area contributed by atoms with E-state index in [4.69, 9.17) is 42.1 Å². The van der Waals surface area contributed by atoms with E-state index in [2.05, 4.69) is 0 Å². The normalized spacial score (nSPS) is 12.4. The molecule has 2 unspecified atom stereocenters. The van der Waals surface area contributed by atoms with Gasteiger partial charge in [0.05, 0.1) is 11.1 Å². The molecule has 0 aromatic heterocycles. The fraction of sp³-hybridized carbons (Fsp3) is 0.444. The molecule has 0 radical (unpaired) electrons. The summed E-state index contributed by atoms with van der Waals surface area (Å²) in [6.45, 7) is 3.63. The molecular formula is C18H20Cl2O8. The van der Waals surface area contributed by atoms with E-state index in [1.165, 1.54) is 24.3 Å². The molecule has 0 amide bonds. The Morgan fingerprint density at radius 3 is 1.29 bits per heavy atom. The van der Waals surface area contributed by atoms with Gasteiger partial charge in [-0.05, 0) is 37.1 Å². The van der Waals surface area contributed by atoms with Crippen LogP contribution in [-0.2, 0) is 18.9 Å². The Labute approximate surface area is 172 Å². The van der Waals surface area contributed by atoms with E-state index >= 15 is 0 Å². The van der Waals surface area contributed by atoms with Crippen LogP contribution in [0.2, 0.25) is 0 Å². The molecule has 0 saturated heterocycles. The minimum Gasteiger partial charge on any atom is -0.422 e. The van der Waals surface area contributed by atoms with Crippen molar-refractivity contribution in [1.29, 1.82) is 0 Å². The molecule has 10 heteroatoms.